The van der Waals surface area contributed by atoms with Gasteiger partial charge in [-0.15, -0.1) is 24.0 Å². The van der Waals surface area contributed by atoms with E-state index in [0.29, 0.717) is 42.0 Å². The van der Waals surface area contributed by atoms with Gasteiger partial charge in [-0.3, -0.25) is 0 Å². The Morgan fingerprint density at radius 1 is 1.09 bits per heavy atom. The fourth-order valence-corrected chi connectivity index (χ4v) is 3.04. The van der Waals surface area contributed by atoms with Gasteiger partial charge < -0.3 is 29.6 Å². The van der Waals surface area contributed by atoms with Crippen LogP contribution in [0.5, 0.6) is 11.5 Å². The highest BCUT2D eigenvalue weighted by Crippen LogP contribution is 2.26. The van der Waals surface area contributed by atoms with E-state index in [-0.39, 0.29) is 30.5 Å². The maximum absolute atomic E-state index is 10.6. The van der Waals surface area contributed by atoms with Crippen LogP contribution in [0.2, 0.25) is 0 Å². The van der Waals surface area contributed by atoms with Gasteiger partial charge in [-0.1, -0.05) is 17.7 Å². The molecular weight excluding hydrogens is 535 g/mol. The summed E-state index contributed by atoms with van der Waals surface area (Å²) in [6, 6.07) is 13.3. The lowest BCUT2D eigenvalue weighted by Gasteiger charge is -2.17. The van der Waals surface area contributed by atoms with Crippen molar-refractivity contribution >= 4 is 29.9 Å². The molecule has 1 aromatic heterocycles. The van der Waals surface area contributed by atoms with Gasteiger partial charge >= 0.3 is 0 Å². The third-order valence-electron chi connectivity index (χ3n) is 4.82. The van der Waals surface area contributed by atoms with E-state index in [1.807, 2.05) is 38.1 Å². The summed E-state index contributed by atoms with van der Waals surface area (Å²) in [4.78, 5) is 9.07. The van der Waals surface area contributed by atoms with Crippen molar-refractivity contribution in [3.63, 3.8) is 0 Å². The number of methoxy groups -OCH3 is 2. The van der Waals surface area contributed by atoms with E-state index in [0.717, 1.165) is 11.3 Å². The number of aliphatic hydroxyl groups is 1. The second-order valence-corrected chi connectivity index (χ2v) is 7.25. The zero-order valence-corrected chi connectivity index (χ0v) is 21.6. The Labute approximate surface area is 211 Å². The Balaban J connectivity index is 0.00000385. The molecule has 0 bridgehead atoms. The molecule has 1 unspecified atom stereocenters. The minimum Gasteiger partial charge on any atom is -0.497 e. The highest BCUT2D eigenvalue weighted by Gasteiger charge is 2.12. The first-order valence-electron chi connectivity index (χ1n) is 10.5. The van der Waals surface area contributed by atoms with Crippen LogP contribution in [0.3, 0.4) is 0 Å². The predicted molar refractivity (Wildman–Crippen MR) is 139 cm³/mol. The second-order valence-electron chi connectivity index (χ2n) is 7.25. The third-order valence-corrected chi connectivity index (χ3v) is 4.82. The Hall–Kier alpha value is -2.79. The van der Waals surface area contributed by atoms with Crippen LogP contribution >= 0.6 is 24.0 Å². The van der Waals surface area contributed by atoms with Gasteiger partial charge in [0.05, 0.1) is 26.9 Å². The topological polar surface area (TPSA) is 101 Å². The molecule has 2 aromatic carbocycles. The molecule has 0 saturated carbocycles. The van der Waals surface area contributed by atoms with Crippen molar-refractivity contribution in [1.29, 1.82) is 0 Å². The minimum atomic E-state index is -0.775. The number of aliphatic hydroxyl groups excluding tert-OH is 1. The molecule has 0 aliphatic rings. The van der Waals surface area contributed by atoms with Crippen LogP contribution in [0.4, 0.5) is 0 Å². The first kappa shape index (κ1) is 26.5. The lowest BCUT2D eigenvalue weighted by molar-refractivity contribution is 0.180. The normalized spacial score (nSPS) is 12.0. The average molecular weight is 566 g/mol. The second kappa shape index (κ2) is 13.0. The molecule has 0 radical (unpaired) electrons. The van der Waals surface area contributed by atoms with Crippen molar-refractivity contribution < 1.29 is 19.0 Å². The molecule has 9 heteroatoms. The van der Waals surface area contributed by atoms with Gasteiger partial charge in [-0.25, -0.2) is 9.98 Å². The van der Waals surface area contributed by atoms with Crippen molar-refractivity contribution in [3.8, 4) is 23.0 Å². The monoisotopic (exact) mass is 566 g/mol. The number of hydrogen-bond acceptors (Lipinski definition) is 6. The number of guanidine groups is 1. The van der Waals surface area contributed by atoms with E-state index in [1.54, 1.807) is 38.7 Å². The smallest absolute Gasteiger partial charge is 0.226 e. The number of hydrogen-bond donors (Lipinski definition) is 3. The Morgan fingerprint density at radius 3 is 2.36 bits per heavy atom. The van der Waals surface area contributed by atoms with Crippen LogP contribution in [0.1, 0.15) is 29.8 Å². The standard InChI is InChI=1S/C24H30N4O4.HI/c1-5-25-24(27-14-22(29)18-10-20(30-3)12-21(11-18)31-4)26-13-19-15-32-23(28-19)17-8-6-16(2)7-9-17;/h6-12,15,22,29H,5,13-14H2,1-4H3,(H2,25,26,27);1H. The van der Waals surface area contributed by atoms with Crippen LogP contribution in [0, 0.1) is 6.92 Å². The minimum absolute atomic E-state index is 0. The summed E-state index contributed by atoms with van der Waals surface area (Å²) in [6.45, 7) is 5.30. The van der Waals surface area contributed by atoms with Crippen LogP contribution in [-0.2, 0) is 6.54 Å². The molecule has 3 aromatic rings. The van der Waals surface area contributed by atoms with Gasteiger partial charge in [-0.2, -0.15) is 0 Å². The number of rotatable bonds is 9. The first-order chi connectivity index (χ1) is 15.5. The van der Waals surface area contributed by atoms with Gasteiger partial charge in [0.1, 0.15) is 23.5 Å². The number of nitrogens with one attached hydrogen (secondary N) is 2. The maximum Gasteiger partial charge on any atom is 0.226 e. The molecule has 0 aliphatic carbocycles. The third kappa shape index (κ3) is 7.64. The maximum atomic E-state index is 10.6. The fourth-order valence-electron chi connectivity index (χ4n) is 3.04. The number of aromatic nitrogens is 1. The molecule has 0 spiro atoms. The SMILES string of the molecule is CCNC(=NCc1coc(-c2ccc(C)cc2)n1)NCC(O)c1cc(OC)cc(OC)c1.I. The molecular formula is C24H31IN4O4. The van der Waals surface area contributed by atoms with Crippen LogP contribution in [0.15, 0.2) is 58.1 Å². The summed E-state index contributed by atoms with van der Waals surface area (Å²) >= 11 is 0. The molecule has 1 atom stereocenters. The zero-order valence-electron chi connectivity index (χ0n) is 19.3. The first-order valence-corrected chi connectivity index (χ1v) is 10.5. The fraction of sp³-hybridized carbons (Fsp3) is 0.333. The van der Waals surface area contributed by atoms with Crippen LogP contribution in [-0.4, -0.2) is 43.4 Å². The summed E-state index contributed by atoms with van der Waals surface area (Å²) in [5.74, 6) is 2.38. The van der Waals surface area contributed by atoms with Gasteiger partial charge in [-0.05, 0) is 43.7 Å². The van der Waals surface area contributed by atoms with E-state index in [4.69, 9.17) is 13.9 Å². The molecule has 1 heterocycles. The average Bonchev–Trinajstić information content (AvgIpc) is 3.29. The number of aliphatic imine (C=N–C) groups is 1. The largest absolute Gasteiger partial charge is 0.497 e. The van der Waals surface area contributed by atoms with E-state index >= 15 is 0 Å². The summed E-state index contributed by atoms with van der Waals surface area (Å²) in [6.07, 6.45) is 0.836. The Kier molecular flexibility index (Phi) is 10.5. The van der Waals surface area contributed by atoms with Crippen LogP contribution in [0.25, 0.3) is 11.5 Å². The van der Waals surface area contributed by atoms with E-state index < -0.39 is 6.10 Å². The molecule has 33 heavy (non-hydrogen) atoms. The number of oxazole rings is 1. The van der Waals surface area contributed by atoms with E-state index in [2.05, 4.69) is 20.6 Å². The van der Waals surface area contributed by atoms with Crippen LogP contribution < -0.4 is 20.1 Å². The highest BCUT2D eigenvalue weighted by molar-refractivity contribution is 14.0. The molecule has 0 aliphatic heterocycles. The van der Waals surface area contributed by atoms with Gasteiger partial charge in [0.15, 0.2) is 5.96 Å². The van der Waals surface area contributed by atoms with Crippen molar-refractivity contribution in [2.24, 2.45) is 4.99 Å². The summed E-state index contributed by atoms with van der Waals surface area (Å²) in [5, 5.41) is 17.0. The zero-order chi connectivity index (χ0) is 22.9. The number of halogens is 1. The highest BCUT2D eigenvalue weighted by atomic mass is 127. The lowest BCUT2D eigenvalue weighted by Crippen LogP contribution is -2.39. The van der Waals surface area contributed by atoms with Crippen molar-refractivity contribution in [3.05, 3.63) is 65.5 Å². The number of ether oxygens (including phenoxy) is 2. The quantitative estimate of drug-likeness (QED) is 0.204. The number of nitrogens with zero attached hydrogens (tertiary/aromatic N) is 2. The van der Waals surface area contributed by atoms with Gasteiger partial charge in [0.25, 0.3) is 0 Å². The lowest BCUT2D eigenvalue weighted by atomic mass is 10.1. The molecule has 0 fully saturated rings. The molecule has 0 saturated heterocycles. The summed E-state index contributed by atoms with van der Waals surface area (Å²) in [7, 11) is 3.15. The van der Waals surface area contributed by atoms with Gasteiger partial charge in [0, 0.05) is 24.7 Å². The van der Waals surface area contributed by atoms with E-state index in [9.17, 15) is 5.11 Å². The number of aryl methyl sites for hydroxylation is 1. The Morgan fingerprint density at radius 2 is 1.76 bits per heavy atom. The molecule has 3 N–H and O–H groups in total. The number of benzene rings is 2. The molecule has 0 amide bonds. The summed E-state index contributed by atoms with van der Waals surface area (Å²) in [5.41, 5.74) is 3.51. The summed E-state index contributed by atoms with van der Waals surface area (Å²) < 4.78 is 16.1. The molecule has 178 valence electrons. The molecule has 8 nitrogen and oxygen atoms in total. The predicted octanol–water partition coefficient (Wildman–Crippen LogP) is 4.07. The molecule has 3 rings (SSSR count). The van der Waals surface area contributed by atoms with Crippen molar-refractivity contribution in [2.75, 3.05) is 27.3 Å². The van der Waals surface area contributed by atoms with Gasteiger partial charge in [0.2, 0.25) is 5.89 Å². The van der Waals surface area contributed by atoms with E-state index in [1.165, 1.54) is 5.56 Å². The van der Waals surface area contributed by atoms with Crippen molar-refractivity contribution in [1.82, 2.24) is 15.6 Å². The Bertz CT molecular complexity index is 1010. The van der Waals surface area contributed by atoms with Crippen molar-refractivity contribution in [2.45, 2.75) is 26.5 Å².